The summed E-state index contributed by atoms with van der Waals surface area (Å²) >= 11 is 0. The summed E-state index contributed by atoms with van der Waals surface area (Å²) in [4.78, 5) is 0. The predicted molar refractivity (Wildman–Crippen MR) is 29.8 cm³/mol. The normalized spacial score (nSPS) is 13.0. The first-order valence-corrected chi connectivity index (χ1v) is 2.80. The van der Waals surface area contributed by atoms with Crippen molar-refractivity contribution >= 4 is 0 Å². The van der Waals surface area contributed by atoms with Crippen molar-refractivity contribution in [3.63, 3.8) is 0 Å². The van der Waals surface area contributed by atoms with Gasteiger partial charge in [-0.3, -0.25) is 0 Å². The van der Waals surface area contributed by atoms with Gasteiger partial charge in [0.15, 0.2) is 5.83 Å². The summed E-state index contributed by atoms with van der Waals surface area (Å²) in [6.45, 7) is 3.08. The second kappa shape index (κ2) is 3.54. The van der Waals surface area contributed by atoms with E-state index in [1.807, 2.05) is 0 Å². The number of hydrogen-bond acceptors (Lipinski definition) is 0. The van der Waals surface area contributed by atoms with Crippen molar-refractivity contribution in [3.8, 4) is 0 Å². The Labute approximate surface area is 52.4 Å². The smallest absolute Gasteiger partial charge is 0.206 e. The highest BCUT2D eigenvalue weighted by molar-refractivity contribution is 4.95. The lowest BCUT2D eigenvalue weighted by Crippen LogP contribution is -1.92. The molecule has 0 spiro atoms. The third kappa shape index (κ3) is 2.54. The minimum Gasteiger partial charge on any atom is -0.206 e. The highest BCUT2D eigenvalue weighted by Crippen LogP contribution is 2.20. The van der Waals surface area contributed by atoms with Crippen LogP contribution < -0.4 is 0 Å². The molecule has 0 aromatic rings. The third-order valence-electron chi connectivity index (χ3n) is 1.23. The summed E-state index contributed by atoms with van der Waals surface area (Å²) in [6, 6.07) is 0. The highest BCUT2D eigenvalue weighted by Gasteiger charge is 2.11. The first-order chi connectivity index (χ1) is 4.09. The fourth-order valence-electron chi connectivity index (χ4n) is 0.365. The number of rotatable bonds is 2. The first kappa shape index (κ1) is 8.53. The van der Waals surface area contributed by atoms with E-state index in [0.717, 1.165) is 0 Å². The molecule has 0 saturated carbocycles. The van der Waals surface area contributed by atoms with E-state index < -0.39 is 17.8 Å². The molecular formula is C6H9F3. The van der Waals surface area contributed by atoms with E-state index in [1.165, 1.54) is 6.92 Å². The molecular weight excluding hydrogens is 129 g/mol. The molecule has 0 N–H and O–H groups in total. The molecule has 0 rings (SSSR count). The second-order valence-electron chi connectivity index (χ2n) is 1.92. The van der Waals surface area contributed by atoms with Crippen LogP contribution in [-0.2, 0) is 0 Å². The van der Waals surface area contributed by atoms with Crippen LogP contribution in [0.5, 0.6) is 0 Å². The fourth-order valence-corrected chi connectivity index (χ4v) is 0.365. The van der Waals surface area contributed by atoms with Gasteiger partial charge in [-0.05, 0) is 6.42 Å². The average Bonchev–Trinajstić information content (AvgIpc) is 1.84. The van der Waals surface area contributed by atoms with Crippen molar-refractivity contribution in [2.75, 3.05) is 0 Å². The van der Waals surface area contributed by atoms with Gasteiger partial charge in [-0.2, -0.15) is 8.78 Å². The number of halogens is 3. The van der Waals surface area contributed by atoms with Gasteiger partial charge < -0.3 is 0 Å². The van der Waals surface area contributed by atoms with E-state index >= 15 is 0 Å². The molecule has 9 heavy (non-hydrogen) atoms. The van der Waals surface area contributed by atoms with Crippen LogP contribution in [-0.4, -0.2) is 0 Å². The Kier molecular flexibility index (Phi) is 3.35. The molecule has 3 heteroatoms. The molecule has 0 aromatic heterocycles. The topological polar surface area (TPSA) is 0 Å². The molecule has 0 nitrogen and oxygen atoms in total. The van der Waals surface area contributed by atoms with Gasteiger partial charge in [0.05, 0.1) is 0 Å². The molecule has 0 bridgehead atoms. The molecule has 0 heterocycles. The van der Waals surface area contributed by atoms with Gasteiger partial charge in [0, 0.05) is 5.92 Å². The Bertz CT molecular complexity index is 113. The van der Waals surface area contributed by atoms with Gasteiger partial charge in [0.2, 0.25) is 0 Å². The van der Waals surface area contributed by atoms with Crippen LogP contribution >= 0.6 is 0 Å². The Hall–Kier alpha value is -0.470. The predicted octanol–water partition coefficient (Wildman–Crippen LogP) is 3.11. The van der Waals surface area contributed by atoms with Gasteiger partial charge in [0.25, 0.3) is 0 Å². The van der Waals surface area contributed by atoms with Gasteiger partial charge in [-0.25, -0.2) is 4.39 Å². The molecule has 0 saturated heterocycles. The maximum atomic E-state index is 12.0. The van der Waals surface area contributed by atoms with Gasteiger partial charge in [0.1, 0.15) is 0 Å². The van der Waals surface area contributed by atoms with Crippen LogP contribution in [0.15, 0.2) is 11.9 Å². The molecule has 1 unspecified atom stereocenters. The summed E-state index contributed by atoms with van der Waals surface area (Å²) in [5.74, 6) is -1.92. The Morgan fingerprint density at radius 3 is 1.89 bits per heavy atom. The standard InChI is InChI=1S/C6H9F3/c1-3-4(2)5(7)6(8)9/h4H,3H2,1-2H3. The van der Waals surface area contributed by atoms with Crippen LogP contribution in [0.4, 0.5) is 13.2 Å². The van der Waals surface area contributed by atoms with E-state index in [4.69, 9.17) is 0 Å². The molecule has 0 aromatic carbocycles. The lowest BCUT2D eigenvalue weighted by molar-refractivity contribution is 0.344. The van der Waals surface area contributed by atoms with Crippen molar-refractivity contribution in [1.82, 2.24) is 0 Å². The Morgan fingerprint density at radius 2 is 1.78 bits per heavy atom. The zero-order chi connectivity index (χ0) is 7.44. The molecule has 0 aliphatic heterocycles. The van der Waals surface area contributed by atoms with Crippen LogP contribution in [0.2, 0.25) is 0 Å². The monoisotopic (exact) mass is 138 g/mol. The van der Waals surface area contributed by atoms with E-state index in [2.05, 4.69) is 0 Å². The second-order valence-corrected chi connectivity index (χ2v) is 1.92. The third-order valence-corrected chi connectivity index (χ3v) is 1.23. The summed E-state index contributed by atoms with van der Waals surface area (Å²) in [5, 5.41) is 0. The highest BCUT2D eigenvalue weighted by atomic mass is 19.3. The van der Waals surface area contributed by atoms with E-state index in [-0.39, 0.29) is 0 Å². The molecule has 0 aliphatic carbocycles. The lowest BCUT2D eigenvalue weighted by atomic mass is 10.1. The molecule has 1 atom stereocenters. The maximum absolute atomic E-state index is 12.0. The quantitative estimate of drug-likeness (QED) is 0.550. The van der Waals surface area contributed by atoms with E-state index in [0.29, 0.717) is 6.42 Å². The van der Waals surface area contributed by atoms with Crippen molar-refractivity contribution in [3.05, 3.63) is 11.9 Å². The average molecular weight is 138 g/mol. The zero-order valence-corrected chi connectivity index (χ0v) is 5.42. The lowest BCUT2D eigenvalue weighted by Gasteiger charge is -2.01. The summed E-state index contributed by atoms with van der Waals surface area (Å²) in [7, 11) is 0. The molecule has 0 fully saturated rings. The van der Waals surface area contributed by atoms with Crippen molar-refractivity contribution in [2.24, 2.45) is 5.92 Å². The van der Waals surface area contributed by atoms with Crippen LogP contribution in [0, 0.1) is 5.92 Å². The number of allylic oxidation sites excluding steroid dienone is 1. The molecule has 0 aliphatic rings. The van der Waals surface area contributed by atoms with E-state index in [9.17, 15) is 13.2 Å². The van der Waals surface area contributed by atoms with Gasteiger partial charge >= 0.3 is 6.08 Å². The number of hydrogen-bond donors (Lipinski definition) is 0. The summed E-state index contributed by atoms with van der Waals surface area (Å²) < 4.78 is 34.8. The van der Waals surface area contributed by atoms with Gasteiger partial charge in [-0.1, -0.05) is 13.8 Å². The molecule has 0 radical (unpaired) electrons. The first-order valence-electron chi connectivity index (χ1n) is 2.80. The summed E-state index contributed by atoms with van der Waals surface area (Å²) in [6.07, 6.45) is -1.78. The minimum absolute atomic E-state index is 0.406. The van der Waals surface area contributed by atoms with Crippen molar-refractivity contribution in [2.45, 2.75) is 20.3 Å². The van der Waals surface area contributed by atoms with Gasteiger partial charge in [-0.15, -0.1) is 0 Å². The SMILES string of the molecule is CCC(C)C(F)=C(F)F. The largest absolute Gasteiger partial charge is 0.301 e. The molecule has 54 valence electrons. The fraction of sp³-hybridized carbons (Fsp3) is 0.667. The van der Waals surface area contributed by atoms with Crippen LogP contribution in [0.25, 0.3) is 0 Å². The maximum Gasteiger partial charge on any atom is 0.301 e. The molecule has 0 amide bonds. The van der Waals surface area contributed by atoms with E-state index in [1.54, 1.807) is 6.92 Å². The van der Waals surface area contributed by atoms with Crippen molar-refractivity contribution in [1.29, 1.82) is 0 Å². The van der Waals surface area contributed by atoms with Crippen LogP contribution in [0.1, 0.15) is 20.3 Å². The van der Waals surface area contributed by atoms with Crippen molar-refractivity contribution < 1.29 is 13.2 Å². The Morgan fingerprint density at radius 1 is 1.33 bits per heavy atom. The summed E-state index contributed by atoms with van der Waals surface area (Å²) in [5.41, 5.74) is 0. The zero-order valence-electron chi connectivity index (χ0n) is 5.42. The van der Waals surface area contributed by atoms with Crippen LogP contribution in [0.3, 0.4) is 0 Å². The Balaban J connectivity index is 4.02. The minimum atomic E-state index is -2.19.